The summed E-state index contributed by atoms with van der Waals surface area (Å²) in [5.41, 5.74) is 0.592. The lowest BCUT2D eigenvalue weighted by Gasteiger charge is -2.03. The summed E-state index contributed by atoms with van der Waals surface area (Å²) in [7, 11) is 0. The molecule has 0 saturated carbocycles. The van der Waals surface area contributed by atoms with Crippen molar-refractivity contribution in [3.8, 4) is 11.4 Å². The molecular formula is C12H10N6O3S. The first kappa shape index (κ1) is 14.1. The summed E-state index contributed by atoms with van der Waals surface area (Å²) in [4.78, 5) is 14.5. The van der Waals surface area contributed by atoms with Gasteiger partial charge in [-0.2, -0.15) is 0 Å². The smallest absolute Gasteiger partial charge is 0.301 e. The minimum atomic E-state index is -0.506. The molecule has 3 heterocycles. The van der Waals surface area contributed by atoms with Crippen molar-refractivity contribution < 1.29 is 9.34 Å². The summed E-state index contributed by atoms with van der Waals surface area (Å²) in [6, 6.07) is 4.59. The zero-order valence-electron chi connectivity index (χ0n) is 11.3. The number of hydrogen-bond acceptors (Lipinski definition) is 8. The van der Waals surface area contributed by atoms with Gasteiger partial charge in [-0.15, -0.1) is 10.2 Å². The predicted molar refractivity (Wildman–Crippen MR) is 77.6 cm³/mol. The second-order valence-corrected chi connectivity index (χ2v) is 5.21. The molecule has 0 amide bonds. The third-order valence-corrected chi connectivity index (χ3v) is 3.87. The number of hydrogen-bond donors (Lipinski definition) is 1. The summed E-state index contributed by atoms with van der Waals surface area (Å²) >= 11 is 0.974. The number of aromatic nitrogens is 4. The second-order valence-electron chi connectivity index (χ2n) is 4.25. The average Bonchev–Trinajstić information content (AvgIpc) is 3.06. The van der Waals surface area contributed by atoms with E-state index < -0.39 is 4.92 Å². The first-order chi connectivity index (χ1) is 10.6. The molecule has 10 heteroatoms. The second kappa shape index (κ2) is 5.48. The van der Waals surface area contributed by atoms with Crippen molar-refractivity contribution in [1.29, 1.82) is 0 Å². The Morgan fingerprint density at radius 3 is 2.91 bits per heavy atom. The summed E-state index contributed by atoms with van der Waals surface area (Å²) < 4.78 is 6.46. The van der Waals surface area contributed by atoms with E-state index in [2.05, 4.69) is 15.2 Å². The molecule has 0 aliphatic carbocycles. The monoisotopic (exact) mass is 318 g/mol. The zero-order chi connectivity index (χ0) is 15.7. The highest BCUT2D eigenvalue weighted by molar-refractivity contribution is 7.99. The Morgan fingerprint density at radius 1 is 1.41 bits per heavy atom. The predicted octanol–water partition coefficient (Wildman–Crippen LogP) is 2.01. The van der Waals surface area contributed by atoms with Gasteiger partial charge in [0.2, 0.25) is 5.16 Å². The summed E-state index contributed by atoms with van der Waals surface area (Å²) in [5, 5.41) is 19.4. The molecule has 3 aromatic heterocycles. The van der Waals surface area contributed by atoms with Crippen molar-refractivity contribution in [3.63, 3.8) is 0 Å². The van der Waals surface area contributed by atoms with E-state index in [0.29, 0.717) is 17.1 Å². The molecule has 112 valence electrons. The van der Waals surface area contributed by atoms with Crippen LogP contribution in [-0.4, -0.2) is 24.8 Å². The Balaban J connectivity index is 1.97. The molecule has 0 atom stereocenters. The van der Waals surface area contributed by atoms with Crippen LogP contribution in [0.15, 0.2) is 45.3 Å². The number of nitrogen functional groups attached to an aromatic ring is 1. The van der Waals surface area contributed by atoms with Crippen LogP contribution in [0.3, 0.4) is 0 Å². The number of nitro groups is 1. The molecule has 0 aliphatic heterocycles. The first-order valence-electron chi connectivity index (χ1n) is 6.10. The van der Waals surface area contributed by atoms with E-state index in [4.69, 9.17) is 10.3 Å². The maximum absolute atomic E-state index is 11.0. The Labute approximate surface area is 128 Å². The molecule has 3 aromatic rings. The van der Waals surface area contributed by atoms with Gasteiger partial charge in [0.1, 0.15) is 5.76 Å². The third-order valence-electron chi connectivity index (χ3n) is 2.90. The van der Waals surface area contributed by atoms with E-state index in [1.54, 1.807) is 13.0 Å². The lowest BCUT2D eigenvalue weighted by Crippen LogP contribution is -2.11. The molecule has 22 heavy (non-hydrogen) atoms. The topological polar surface area (TPSA) is 126 Å². The zero-order valence-corrected chi connectivity index (χ0v) is 12.1. The van der Waals surface area contributed by atoms with Gasteiger partial charge in [-0.1, -0.05) is 0 Å². The van der Waals surface area contributed by atoms with Crippen LogP contribution in [0, 0.1) is 17.0 Å². The minimum absolute atomic E-state index is 0.114. The van der Waals surface area contributed by atoms with E-state index in [-0.39, 0.29) is 15.9 Å². The van der Waals surface area contributed by atoms with Crippen LogP contribution < -0.4 is 5.84 Å². The van der Waals surface area contributed by atoms with Gasteiger partial charge in [0, 0.05) is 12.3 Å². The molecule has 3 rings (SSSR count). The van der Waals surface area contributed by atoms with Gasteiger partial charge in [-0.05, 0) is 30.8 Å². The number of aryl methyl sites for hydroxylation is 1. The van der Waals surface area contributed by atoms with Crippen molar-refractivity contribution in [3.05, 3.63) is 46.5 Å². The van der Waals surface area contributed by atoms with E-state index in [9.17, 15) is 10.1 Å². The van der Waals surface area contributed by atoms with Gasteiger partial charge in [-0.3, -0.25) is 10.1 Å². The van der Waals surface area contributed by atoms with Crippen molar-refractivity contribution in [2.75, 3.05) is 5.84 Å². The van der Waals surface area contributed by atoms with Gasteiger partial charge in [-0.25, -0.2) is 9.66 Å². The van der Waals surface area contributed by atoms with E-state index >= 15 is 0 Å². The molecule has 0 spiro atoms. The molecule has 0 radical (unpaired) electrons. The number of nitrogens with two attached hydrogens (primary N) is 1. The summed E-state index contributed by atoms with van der Waals surface area (Å²) in [6.07, 6.45) is 2.99. The van der Waals surface area contributed by atoms with Crippen LogP contribution in [0.5, 0.6) is 0 Å². The first-order valence-corrected chi connectivity index (χ1v) is 6.92. The maximum atomic E-state index is 11.0. The lowest BCUT2D eigenvalue weighted by molar-refractivity contribution is -0.388. The van der Waals surface area contributed by atoms with E-state index in [1.807, 2.05) is 0 Å². The summed E-state index contributed by atoms with van der Waals surface area (Å²) in [5.74, 6) is 7.03. The molecule has 9 nitrogen and oxygen atoms in total. The number of rotatable bonds is 4. The van der Waals surface area contributed by atoms with E-state index in [1.165, 1.54) is 29.3 Å². The van der Waals surface area contributed by atoms with Gasteiger partial charge in [0.25, 0.3) is 0 Å². The van der Waals surface area contributed by atoms with Crippen molar-refractivity contribution in [2.45, 2.75) is 17.1 Å². The average molecular weight is 318 g/mol. The normalized spacial score (nSPS) is 10.8. The minimum Gasteiger partial charge on any atom is -0.469 e. The van der Waals surface area contributed by atoms with Gasteiger partial charge in [0.05, 0.1) is 16.7 Å². The molecule has 0 saturated heterocycles. The molecule has 0 unspecified atom stereocenters. The molecule has 0 fully saturated rings. The Kier molecular flexibility index (Phi) is 3.51. The Bertz CT molecular complexity index is 843. The van der Waals surface area contributed by atoms with Crippen molar-refractivity contribution >= 4 is 17.4 Å². The standard InChI is InChI=1S/C12H10N6O3S/c1-7-8(4-6-21-7)10-15-16-12(17(10)13)22-11-9(18(19)20)3-2-5-14-11/h2-6H,13H2,1H3. The molecule has 0 aliphatic rings. The van der Waals surface area contributed by atoms with Crippen LogP contribution in [0.25, 0.3) is 11.4 Å². The lowest BCUT2D eigenvalue weighted by atomic mass is 10.2. The van der Waals surface area contributed by atoms with Crippen LogP contribution in [0.2, 0.25) is 0 Å². The SMILES string of the molecule is Cc1occc1-c1nnc(Sc2ncccc2[N+](=O)[O-])n1N. The maximum Gasteiger partial charge on any atom is 0.301 e. The number of pyridine rings is 1. The quantitative estimate of drug-likeness (QED) is 0.440. The van der Waals surface area contributed by atoms with Crippen molar-refractivity contribution in [2.24, 2.45) is 0 Å². The van der Waals surface area contributed by atoms with Gasteiger partial charge < -0.3 is 10.3 Å². The van der Waals surface area contributed by atoms with Gasteiger partial charge >= 0.3 is 5.69 Å². The highest BCUT2D eigenvalue weighted by Crippen LogP contribution is 2.32. The highest BCUT2D eigenvalue weighted by Gasteiger charge is 2.21. The fraction of sp³-hybridized carbons (Fsp3) is 0.0833. The number of furan rings is 1. The van der Waals surface area contributed by atoms with Crippen LogP contribution in [0.1, 0.15) is 5.76 Å². The van der Waals surface area contributed by atoms with Crippen LogP contribution in [-0.2, 0) is 0 Å². The highest BCUT2D eigenvalue weighted by atomic mass is 32.2. The number of nitrogens with zero attached hydrogens (tertiary/aromatic N) is 5. The van der Waals surface area contributed by atoms with E-state index in [0.717, 1.165) is 11.8 Å². The van der Waals surface area contributed by atoms with Crippen LogP contribution in [0.4, 0.5) is 5.69 Å². The van der Waals surface area contributed by atoms with Crippen molar-refractivity contribution in [1.82, 2.24) is 19.9 Å². The molecular weight excluding hydrogens is 308 g/mol. The molecule has 0 aromatic carbocycles. The summed E-state index contributed by atoms with van der Waals surface area (Å²) in [6.45, 7) is 1.78. The molecule has 0 bridgehead atoms. The largest absolute Gasteiger partial charge is 0.469 e. The Morgan fingerprint density at radius 2 is 2.23 bits per heavy atom. The Hall–Kier alpha value is -2.88. The van der Waals surface area contributed by atoms with Crippen LogP contribution >= 0.6 is 11.8 Å². The third kappa shape index (κ3) is 2.39. The fourth-order valence-corrected chi connectivity index (χ4v) is 2.63. The van der Waals surface area contributed by atoms with Gasteiger partial charge in [0.15, 0.2) is 10.9 Å². The molecule has 2 N–H and O–H groups in total. The fourth-order valence-electron chi connectivity index (χ4n) is 1.83.